The van der Waals surface area contributed by atoms with Crippen molar-refractivity contribution in [2.24, 2.45) is 0 Å². The van der Waals surface area contributed by atoms with Gasteiger partial charge in [0.1, 0.15) is 17.5 Å². The first-order chi connectivity index (χ1) is 12.3. The Morgan fingerprint density at radius 2 is 2.00 bits per heavy atom. The van der Waals surface area contributed by atoms with Crippen LogP contribution in [0.1, 0.15) is 50.4 Å². The average molecular weight is 338 g/mol. The fraction of sp³-hybridized carbons (Fsp3) is 0.524. The van der Waals surface area contributed by atoms with Crippen LogP contribution >= 0.6 is 0 Å². The second kappa shape index (κ2) is 8.84. The molecular weight excluding hydrogens is 308 g/mol. The van der Waals surface area contributed by atoms with Crippen LogP contribution in [0.5, 0.6) is 0 Å². The van der Waals surface area contributed by atoms with Gasteiger partial charge in [0.2, 0.25) is 0 Å². The van der Waals surface area contributed by atoms with Gasteiger partial charge in [-0.2, -0.15) is 0 Å². The standard InChI is InChI=1S/C21H30N4/c1-3-19-13-7-8-15-25(19)21-16-20(23-17(2)24-21)22-14-9-12-18-10-5-4-6-11-18/h4-6,10-11,16,19H,3,7-9,12-15H2,1-2H3,(H,22,23,24). The Labute approximate surface area is 151 Å². The Bertz CT molecular complexity index is 656. The highest BCUT2D eigenvalue weighted by Gasteiger charge is 2.22. The predicted octanol–water partition coefficient (Wildman–Crippen LogP) is 4.60. The van der Waals surface area contributed by atoms with E-state index in [1.54, 1.807) is 0 Å². The van der Waals surface area contributed by atoms with Gasteiger partial charge in [-0.3, -0.25) is 0 Å². The number of rotatable bonds is 7. The molecule has 4 nitrogen and oxygen atoms in total. The monoisotopic (exact) mass is 338 g/mol. The van der Waals surface area contributed by atoms with Crippen LogP contribution < -0.4 is 10.2 Å². The fourth-order valence-electron chi connectivity index (χ4n) is 3.67. The van der Waals surface area contributed by atoms with Gasteiger partial charge < -0.3 is 10.2 Å². The summed E-state index contributed by atoms with van der Waals surface area (Å²) in [6.45, 7) is 6.31. The Kier molecular flexibility index (Phi) is 6.26. The molecule has 1 saturated heterocycles. The third kappa shape index (κ3) is 4.94. The SMILES string of the molecule is CCC1CCCCN1c1cc(NCCCc2ccccc2)nc(C)n1. The number of piperidine rings is 1. The summed E-state index contributed by atoms with van der Waals surface area (Å²) in [5.41, 5.74) is 1.39. The normalized spacial score (nSPS) is 17.5. The largest absolute Gasteiger partial charge is 0.370 e. The van der Waals surface area contributed by atoms with Gasteiger partial charge in [0, 0.05) is 25.2 Å². The maximum atomic E-state index is 4.71. The van der Waals surface area contributed by atoms with Crippen molar-refractivity contribution in [2.45, 2.75) is 58.4 Å². The first kappa shape index (κ1) is 17.7. The molecule has 25 heavy (non-hydrogen) atoms. The molecule has 3 rings (SSSR count). The van der Waals surface area contributed by atoms with E-state index in [2.05, 4.69) is 58.5 Å². The maximum Gasteiger partial charge on any atom is 0.134 e. The van der Waals surface area contributed by atoms with Crippen molar-refractivity contribution < 1.29 is 0 Å². The van der Waals surface area contributed by atoms with Crippen LogP contribution in [0.4, 0.5) is 11.6 Å². The molecule has 1 N–H and O–H groups in total. The summed E-state index contributed by atoms with van der Waals surface area (Å²) >= 11 is 0. The van der Waals surface area contributed by atoms with Crippen molar-refractivity contribution >= 4 is 11.6 Å². The molecule has 0 spiro atoms. The van der Waals surface area contributed by atoms with Crippen LogP contribution in [0.2, 0.25) is 0 Å². The molecule has 0 radical (unpaired) electrons. The number of aromatic nitrogens is 2. The lowest BCUT2D eigenvalue weighted by molar-refractivity contribution is 0.446. The Balaban J connectivity index is 1.59. The number of aryl methyl sites for hydroxylation is 2. The third-order valence-corrected chi connectivity index (χ3v) is 5.01. The van der Waals surface area contributed by atoms with Crippen LogP contribution in [0.3, 0.4) is 0 Å². The molecule has 1 aromatic heterocycles. The number of nitrogens with zero attached hydrogens (tertiary/aromatic N) is 3. The van der Waals surface area contributed by atoms with Gasteiger partial charge >= 0.3 is 0 Å². The highest BCUT2D eigenvalue weighted by molar-refractivity contribution is 5.50. The highest BCUT2D eigenvalue weighted by atomic mass is 15.2. The van der Waals surface area contributed by atoms with Crippen LogP contribution in [-0.2, 0) is 6.42 Å². The van der Waals surface area contributed by atoms with E-state index < -0.39 is 0 Å². The van der Waals surface area contributed by atoms with Gasteiger partial charge in [-0.05, 0) is 51.0 Å². The molecule has 2 aromatic rings. The number of hydrogen-bond acceptors (Lipinski definition) is 4. The van der Waals surface area contributed by atoms with Gasteiger partial charge in [-0.15, -0.1) is 0 Å². The van der Waals surface area contributed by atoms with Crippen molar-refractivity contribution in [2.75, 3.05) is 23.3 Å². The first-order valence-electron chi connectivity index (χ1n) is 9.66. The zero-order chi connectivity index (χ0) is 17.5. The number of hydrogen-bond donors (Lipinski definition) is 1. The molecule has 134 valence electrons. The zero-order valence-electron chi connectivity index (χ0n) is 15.5. The molecule has 1 aliphatic rings. The minimum absolute atomic E-state index is 0.619. The number of benzene rings is 1. The average Bonchev–Trinajstić information content (AvgIpc) is 2.65. The van der Waals surface area contributed by atoms with Crippen LogP contribution in [0, 0.1) is 6.92 Å². The minimum Gasteiger partial charge on any atom is -0.370 e. The topological polar surface area (TPSA) is 41.0 Å². The van der Waals surface area contributed by atoms with Gasteiger partial charge in [0.15, 0.2) is 0 Å². The Hall–Kier alpha value is -2.10. The molecule has 0 bridgehead atoms. The van der Waals surface area contributed by atoms with Crippen molar-refractivity contribution in [3.8, 4) is 0 Å². The van der Waals surface area contributed by atoms with E-state index in [4.69, 9.17) is 4.98 Å². The summed E-state index contributed by atoms with van der Waals surface area (Å²) < 4.78 is 0. The van der Waals surface area contributed by atoms with Crippen molar-refractivity contribution in [3.05, 3.63) is 47.8 Å². The van der Waals surface area contributed by atoms with Gasteiger partial charge in [-0.1, -0.05) is 37.3 Å². The van der Waals surface area contributed by atoms with Gasteiger partial charge in [-0.25, -0.2) is 9.97 Å². The Morgan fingerprint density at radius 3 is 2.80 bits per heavy atom. The number of nitrogens with one attached hydrogen (secondary N) is 1. The lowest BCUT2D eigenvalue weighted by Gasteiger charge is -2.36. The molecule has 1 aromatic carbocycles. The summed E-state index contributed by atoms with van der Waals surface area (Å²) in [6, 6.07) is 13.4. The lowest BCUT2D eigenvalue weighted by atomic mass is 10.00. The molecule has 1 aliphatic heterocycles. The smallest absolute Gasteiger partial charge is 0.134 e. The summed E-state index contributed by atoms with van der Waals surface area (Å²) in [7, 11) is 0. The second-order valence-corrected chi connectivity index (χ2v) is 6.93. The molecule has 0 amide bonds. The molecule has 0 aliphatic carbocycles. The molecule has 1 atom stereocenters. The maximum absolute atomic E-state index is 4.71. The molecule has 1 unspecified atom stereocenters. The van der Waals surface area contributed by atoms with Crippen molar-refractivity contribution in [1.82, 2.24) is 9.97 Å². The van der Waals surface area contributed by atoms with Crippen LogP contribution in [-0.4, -0.2) is 29.1 Å². The summed E-state index contributed by atoms with van der Waals surface area (Å²) in [4.78, 5) is 11.8. The van der Waals surface area contributed by atoms with E-state index in [9.17, 15) is 0 Å². The van der Waals surface area contributed by atoms with Crippen molar-refractivity contribution in [3.63, 3.8) is 0 Å². The van der Waals surface area contributed by atoms with Gasteiger partial charge in [0.05, 0.1) is 0 Å². The van der Waals surface area contributed by atoms with E-state index in [-0.39, 0.29) is 0 Å². The quantitative estimate of drug-likeness (QED) is 0.749. The van der Waals surface area contributed by atoms with Gasteiger partial charge in [0.25, 0.3) is 0 Å². The highest BCUT2D eigenvalue weighted by Crippen LogP contribution is 2.26. The third-order valence-electron chi connectivity index (χ3n) is 5.01. The summed E-state index contributed by atoms with van der Waals surface area (Å²) in [5.74, 6) is 2.89. The summed E-state index contributed by atoms with van der Waals surface area (Å²) in [6.07, 6.45) is 7.25. The van der Waals surface area contributed by atoms with E-state index in [0.29, 0.717) is 6.04 Å². The minimum atomic E-state index is 0.619. The first-order valence-corrected chi connectivity index (χ1v) is 9.66. The molecule has 2 heterocycles. The van der Waals surface area contributed by atoms with E-state index in [1.165, 1.54) is 31.2 Å². The van der Waals surface area contributed by atoms with Crippen molar-refractivity contribution in [1.29, 1.82) is 0 Å². The van der Waals surface area contributed by atoms with E-state index >= 15 is 0 Å². The molecular formula is C21H30N4. The van der Waals surface area contributed by atoms with Crippen LogP contribution in [0.25, 0.3) is 0 Å². The van der Waals surface area contributed by atoms with E-state index in [1.807, 2.05) is 6.92 Å². The zero-order valence-corrected chi connectivity index (χ0v) is 15.5. The lowest BCUT2D eigenvalue weighted by Crippen LogP contribution is -2.39. The fourth-order valence-corrected chi connectivity index (χ4v) is 3.67. The second-order valence-electron chi connectivity index (χ2n) is 6.93. The molecule has 1 fully saturated rings. The Morgan fingerprint density at radius 1 is 1.16 bits per heavy atom. The van der Waals surface area contributed by atoms with E-state index in [0.717, 1.165) is 43.4 Å². The molecule has 0 saturated carbocycles. The number of anilines is 2. The van der Waals surface area contributed by atoms with Crippen LogP contribution in [0.15, 0.2) is 36.4 Å². The summed E-state index contributed by atoms with van der Waals surface area (Å²) in [5, 5.41) is 3.49. The molecule has 4 heteroatoms. The predicted molar refractivity (Wildman–Crippen MR) is 105 cm³/mol.